The van der Waals surface area contributed by atoms with Crippen molar-refractivity contribution < 1.29 is 13.0 Å². The van der Waals surface area contributed by atoms with Crippen LogP contribution in [0.5, 0.6) is 0 Å². The van der Waals surface area contributed by atoms with E-state index in [4.69, 9.17) is 13.0 Å². The summed E-state index contributed by atoms with van der Waals surface area (Å²) in [6.07, 6.45) is 0. The lowest BCUT2D eigenvalue weighted by molar-refractivity contribution is 0.151. The van der Waals surface area contributed by atoms with Gasteiger partial charge in [-0.15, -0.1) is 0 Å². The van der Waals surface area contributed by atoms with Gasteiger partial charge in [0.05, 0.1) is 0 Å². The molecule has 0 aliphatic heterocycles. The van der Waals surface area contributed by atoms with E-state index in [9.17, 15) is 0 Å². The van der Waals surface area contributed by atoms with E-state index < -0.39 is 17.8 Å². The lowest BCUT2D eigenvalue weighted by Crippen LogP contribution is -2.39. The molecular weight excluding hydrogens is 188 g/mol. The third-order valence-electron chi connectivity index (χ3n) is 1.06. The van der Waals surface area contributed by atoms with Gasteiger partial charge in [0.15, 0.2) is 8.32 Å². The fourth-order valence-corrected chi connectivity index (χ4v) is 4.17. The zero-order valence-electron chi connectivity index (χ0n) is 8.72. The molecule has 5 heteroatoms. The molecule has 0 saturated carbocycles. The van der Waals surface area contributed by atoms with Crippen molar-refractivity contribution in [1.29, 1.82) is 0 Å². The Morgan fingerprint density at radius 3 is 1.67 bits per heavy atom. The molecule has 0 unspecified atom stereocenters. The van der Waals surface area contributed by atoms with Crippen LogP contribution < -0.4 is 0 Å². The second-order valence-corrected chi connectivity index (χ2v) is 9.84. The smallest absolute Gasteiger partial charge is 0.418 e. The summed E-state index contributed by atoms with van der Waals surface area (Å²) in [6, 6.07) is 0. The second-order valence-electron chi connectivity index (χ2n) is 3.43. The maximum Gasteiger partial charge on any atom is 0.473 e. The molecule has 0 fully saturated rings. The second kappa shape index (κ2) is 5.87. The summed E-state index contributed by atoms with van der Waals surface area (Å²) in [5.41, 5.74) is 0. The zero-order valence-corrected chi connectivity index (χ0v) is 10.9. The number of hydrogen-bond donors (Lipinski definition) is 0. The van der Waals surface area contributed by atoms with Crippen LogP contribution >= 0.6 is 0 Å². The van der Waals surface area contributed by atoms with E-state index in [1.54, 1.807) is 0 Å². The summed E-state index contributed by atoms with van der Waals surface area (Å²) in [5, 5.41) is 0. The van der Waals surface area contributed by atoms with Gasteiger partial charge in [-0.25, -0.2) is 0 Å². The monoisotopic (exact) mass is 208 g/mol. The summed E-state index contributed by atoms with van der Waals surface area (Å²) < 4.78 is 16.5. The summed E-state index contributed by atoms with van der Waals surface area (Å²) in [7, 11) is -3.28. The largest absolute Gasteiger partial charge is 0.473 e. The first-order valence-corrected chi connectivity index (χ1v) is 9.23. The molecule has 0 spiro atoms. The summed E-state index contributed by atoms with van der Waals surface area (Å²) in [6.45, 7) is 11.7. The van der Waals surface area contributed by atoms with Crippen molar-refractivity contribution in [1.82, 2.24) is 0 Å². The molecule has 0 aromatic rings. The molecule has 0 atom stereocenters. The van der Waals surface area contributed by atoms with Gasteiger partial charge in [0.1, 0.15) is 0 Å². The minimum atomic E-state index is -1.80. The average molecular weight is 208 g/mol. The summed E-state index contributed by atoms with van der Waals surface area (Å²) >= 11 is 0. The maximum atomic E-state index is 5.75. The fraction of sp³-hybridized carbons (Fsp3) is 1.00. The van der Waals surface area contributed by atoms with E-state index in [-0.39, 0.29) is 0 Å². The predicted octanol–water partition coefficient (Wildman–Crippen LogP) is 1.63. The standard InChI is InChI=1S/C7H20O3Si2/c1-6-8-11(9-7-2)10-12(3,4)5/h11H,6-7H2,1-5H3. The van der Waals surface area contributed by atoms with Crippen molar-refractivity contribution in [3.05, 3.63) is 0 Å². The molecular formula is C7H20O3Si2. The van der Waals surface area contributed by atoms with Gasteiger partial charge < -0.3 is 13.0 Å². The molecule has 12 heavy (non-hydrogen) atoms. The molecule has 3 nitrogen and oxygen atoms in total. The molecule has 74 valence electrons. The van der Waals surface area contributed by atoms with Crippen molar-refractivity contribution in [3.63, 3.8) is 0 Å². The van der Waals surface area contributed by atoms with Gasteiger partial charge in [0.2, 0.25) is 0 Å². The van der Waals surface area contributed by atoms with Crippen LogP contribution in [0.4, 0.5) is 0 Å². The Morgan fingerprint density at radius 1 is 1.00 bits per heavy atom. The highest BCUT2D eigenvalue weighted by atomic mass is 28.4. The van der Waals surface area contributed by atoms with Crippen LogP contribution in [0, 0.1) is 0 Å². The first-order chi connectivity index (χ1) is 5.49. The molecule has 0 saturated heterocycles. The first-order valence-electron chi connectivity index (χ1n) is 4.40. The van der Waals surface area contributed by atoms with E-state index in [1.807, 2.05) is 13.8 Å². The highest BCUT2D eigenvalue weighted by Gasteiger charge is 2.24. The van der Waals surface area contributed by atoms with Crippen molar-refractivity contribution in [2.75, 3.05) is 13.2 Å². The van der Waals surface area contributed by atoms with Crippen molar-refractivity contribution in [2.45, 2.75) is 33.5 Å². The Kier molecular flexibility index (Phi) is 6.03. The molecule has 0 rings (SSSR count). The third-order valence-corrected chi connectivity index (χ3v) is 5.86. The molecule has 0 amide bonds. The van der Waals surface area contributed by atoms with Crippen molar-refractivity contribution in [3.8, 4) is 0 Å². The van der Waals surface area contributed by atoms with E-state index in [0.29, 0.717) is 13.2 Å². The topological polar surface area (TPSA) is 27.7 Å². The Labute approximate surface area is 78.1 Å². The van der Waals surface area contributed by atoms with Crippen LogP contribution in [-0.4, -0.2) is 31.1 Å². The lowest BCUT2D eigenvalue weighted by Gasteiger charge is -2.23. The Bertz CT molecular complexity index is 108. The molecule has 0 aromatic carbocycles. The Balaban J connectivity index is 3.77. The minimum absolute atomic E-state index is 0.682. The Hall–Kier alpha value is 0.314. The molecule has 0 heterocycles. The van der Waals surface area contributed by atoms with Crippen LogP contribution in [0.2, 0.25) is 19.6 Å². The normalized spacial score (nSPS) is 12.5. The summed E-state index contributed by atoms with van der Waals surface area (Å²) in [5.74, 6) is 0. The molecule has 0 radical (unpaired) electrons. The van der Waals surface area contributed by atoms with Gasteiger partial charge in [-0.05, 0) is 33.5 Å². The highest BCUT2D eigenvalue weighted by Crippen LogP contribution is 2.06. The number of rotatable bonds is 6. The van der Waals surface area contributed by atoms with Crippen molar-refractivity contribution in [2.24, 2.45) is 0 Å². The highest BCUT2D eigenvalue weighted by molar-refractivity contribution is 6.74. The van der Waals surface area contributed by atoms with E-state index in [0.717, 1.165) is 0 Å². The van der Waals surface area contributed by atoms with Crippen LogP contribution in [0.3, 0.4) is 0 Å². The van der Waals surface area contributed by atoms with Gasteiger partial charge in [-0.2, -0.15) is 0 Å². The molecule has 0 N–H and O–H groups in total. The SMILES string of the molecule is CCO[SiH](OCC)O[Si](C)(C)C. The maximum absolute atomic E-state index is 5.75. The number of hydrogen-bond acceptors (Lipinski definition) is 3. The minimum Gasteiger partial charge on any atom is -0.418 e. The lowest BCUT2D eigenvalue weighted by atomic mass is 10.9. The summed E-state index contributed by atoms with van der Waals surface area (Å²) in [4.78, 5) is 0. The predicted molar refractivity (Wildman–Crippen MR) is 54.8 cm³/mol. The van der Waals surface area contributed by atoms with Gasteiger partial charge in [-0.1, -0.05) is 0 Å². The molecule has 0 aromatic heterocycles. The van der Waals surface area contributed by atoms with E-state index in [1.165, 1.54) is 0 Å². The van der Waals surface area contributed by atoms with Gasteiger partial charge in [-0.3, -0.25) is 0 Å². The van der Waals surface area contributed by atoms with Crippen LogP contribution in [0.15, 0.2) is 0 Å². The first kappa shape index (κ1) is 12.3. The third kappa shape index (κ3) is 6.99. The van der Waals surface area contributed by atoms with E-state index >= 15 is 0 Å². The van der Waals surface area contributed by atoms with E-state index in [2.05, 4.69) is 19.6 Å². The molecule has 0 bridgehead atoms. The van der Waals surface area contributed by atoms with Gasteiger partial charge in [0.25, 0.3) is 0 Å². The average Bonchev–Trinajstić information content (AvgIpc) is 1.84. The van der Waals surface area contributed by atoms with Gasteiger partial charge >= 0.3 is 9.53 Å². The van der Waals surface area contributed by atoms with Crippen molar-refractivity contribution >= 4 is 17.8 Å². The Morgan fingerprint density at radius 2 is 1.42 bits per heavy atom. The van der Waals surface area contributed by atoms with Gasteiger partial charge in [0, 0.05) is 13.2 Å². The van der Waals surface area contributed by atoms with Crippen LogP contribution in [0.1, 0.15) is 13.8 Å². The zero-order chi connectivity index (χ0) is 9.61. The molecule has 0 aliphatic rings. The van der Waals surface area contributed by atoms with Crippen LogP contribution in [0.25, 0.3) is 0 Å². The molecule has 0 aliphatic carbocycles. The fourth-order valence-electron chi connectivity index (χ4n) is 0.677. The van der Waals surface area contributed by atoms with Crippen LogP contribution in [-0.2, 0) is 13.0 Å². The quantitative estimate of drug-likeness (QED) is 0.621.